The molecule has 0 bridgehead atoms. The largest absolute Gasteiger partial charge is 0.381 e. The van der Waals surface area contributed by atoms with Crippen molar-refractivity contribution in [3.8, 4) is 11.1 Å². The van der Waals surface area contributed by atoms with Crippen molar-refractivity contribution in [2.75, 3.05) is 24.7 Å². The lowest BCUT2D eigenvalue weighted by atomic mass is 9.89. The van der Waals surface area contributed by atoms with Crippen molar-refractivity contribution in [3.05, 3.63) is 53.8 Å². The van der Waals surface area contributed by atoms with Crippen molar-refractivity contribution in [1.29, 1.82) is 0 Å². The molecule has 0 spiro atoms. The van der Waals surface area contributed by atoms with Crippen LogP contribution < -0.4 is 10.6 Å². The van der Waals surface area contributed by atoms with E-state index in [2.05, 4.69) is 0 Å². The van der Waals surface area contributed by atoms with Crippen LogP contribution in [-0.2, 0) is 16.0 Å². The highest BCUT2D eigenvalue weighted by Gasteiger charge is 2.41. The van der Waals surface area contributed by atoms with Gasteiger partial charge in [-0.2, -0.15) is 0 Å². The SMILES string of the molecule is Cl.NC1(C(=O)N2CCc3cc(-c4cccc(F)c4)ccc32)CCOCC1. The zero-order valence-electron chi connectivity index (χ0n) is 14.4. The topological polar surface area (TPSA) is 55.6 Å². The van der Waals surface area contributed by atoms with Crippen LogP contribution in [0.5, 0.6) is 0 Å². The molecular formula is C20H22ClFN2O2. The van der Waals surface area contributed by atoms with Gasteiger partial charge in [0, 0.05) is 25.4 Å². The number of hydrogen-bond acceptors (Lipinski definition) is 3. The second kappa shape index (κ2) is 7.35. The van der Waals surface area contributed by atoms with Gasteiger partial charge in [-0.3, -0.25) is 4.79 Å². The molecule has 2 N–H and O–H groups in total. The molecule has 1 fully saturated rings. The van der Waals surface area contributed by atoms with E-state index in [4.69, 9.17) is 10.5 Å². The van der Waals surface area contributed by atoms with Crippen molar-refractivity contribution in [1.82, 2.24) is 0 Å². The van der Waals surface area contributed by atoms with Gasteiger partial charge in [0.25, 0.3) is 0 Å². The summed E-state index contributed by atoms with van der Waals surface area (Å²) in [6, 6.07) is 12.5. The van der Waals surface area contributed by atoms with Crippen LogP contribution in [0, 0.1) is 5.82 Å². The zero-order valence-corrected chi connectivity index (χ0v) is 15.2. The van der Waals surface area contributed by atoms with Gasteiger partial charge in [-0.25, -0.2) is 4.39 Å². The Kier molecular flexibility index (Phi) is 5.32. The van der Waals surface area contributed by atoms with Gasteiger partial charge in [-0.05, 0) is 60.2 Å². The Morgan fingerprint density at radius 2 is 1.85 bits per heavy atom. The number of halogens is 2. The number of ether oxygens (including phenoxy) is 1. The molecule has 0 aromatic heterocycles. The predicted molar refractivity (Wildman–Crippen MR) is 102 cm³/mol. The second-order valence-corrected chi connectivity index (χ2v) is 6.83. The number of amides is 1. The second-order valence-electron chi connectivity index (χ2n) is 6.83. The van der Waals surface area contributed by atoms with Crippen LogP contribution in [0.3, 0.4) is 0 Å². The molecule has 138 valence electrons. The Morgan fingerprint density at radius 3 is 2.58 bits per heavy atom. The number of nitrogens with two attached hydrogens (primary N) is 1. The monoisotopic (exact) mass is 376 g/mol. The number of benzene rings is 2. The molecule has 0 aliphatic carbocycles. The van der Waals surface area contributed by atoms with Gasteiger partial charge >= 0.3 is 0 Å². The molecular weight excluding hydrogens is 355 g/mol. The fourth-order valence-corrected chi connectivity index (χ4v) is 3.68. The van der Waals surface area contributed by atoms with E-state index >= 15 is 0 Å². The Balaban J connectivity index is 0.00000196. The maximum atomic E-state index is 13.5. The maximum Gasteiger partial charge on any atom is 0.247 e. The molecule has 4 nitrogen and oxygen atoms in total. The molecule has 4 rings (SSSR count). The molecule has 26 heavy (non-hydrogen) atoms. The van der Waals surface area contributed by atoms with Gasteiger partial charge in [-0.1, -0.05) is 18.2 Å². The van der Waals surface area contributed by atoms with E-state index in [-0.39, 0.29) is 24.1 Å². The van der Waals surface area contributed by atoms with Crippen molar-refractivity contribution in [2.24, 2.45) is 5.73 Å². The smallest absolute Gasteiger partial charge is 0.247 e. The van der Waals surface area contributed by atoms with Crippen LogP contribution in [0.25, 0.3) is 11.1 Å². The van der Waals surface area contributed by atoms with E-state index in [1.165, 1.54) is 12.1 Å². The summed E-state index contributed by atoms with van der Waals surface area (Å²) in [7, 11) is 0. The minimum absolute atomic E-state index is 0. The van der Waals surface area contributed by atoms with E-state index in [0.717, 1.165) is 28.8 Å². The van der Waals surface area contributed by atoms with Crippen molar-refractivity contribution >= 4 is 24.0 Å². The number of carbonyl (C=O) groups excluding carboxylic acids is 1. The number of fused-ring (bicyclic) bond motifs is 1. The Hall–Kier alpha value is -1.95. The summed E-state index contributed by atoms with van der Waals surface area (Å²) in [5.41, 5.74) is 9.35. The van der Waals surface area contributed by atoms with Gasteiger partial charge in [0.2, 0.25) is 5.91 Å². The molecule has 2 aromatic carbocycles. The first-order valence-electron chi connectivity index (χ1n) is 8.64. The summed E-state index contributed by atoms with van der Waals surface area (Å²) in [6.07, 6.45) is 1.90. The number of carbonyl (C=O) groups is 1. The fourth-order valence-electron chi connectivity index (χ4n) is 3.68. The first-order valence-corrected chi connectivity index (χ1v) is 8.64. The van der Waals surface area contributed by atoms with E-state index < -0.39 is 5.54 Å². The molecule has 0 unspecified atom stereocenters. The minimum Gasteiger partial charge on any atom is -0.381 e. The van der Waals surface area contributed by atoms with Crippen LogP contribution in [0.4, 0.5) is 10.1 Å². The van der Waals surface area contributed by atoms with E-state index in [9.17, 15) is 9.18 Å². The third-order valence-electron chi connectivity index (χ3n) is 5.19. The van der Waals surface area contributed by atoms with Crippen LogP contribution in [0.2, 0.25) is 0 Å². The lowest BCUT2D eigenvalue weighted by molar-refractivity contribution is -0.126. The van der Waals surface area contributed by atoms with Crippen LogP contribution in [0.15, 0.2) is 42.5 Å². The van der Waals surface area contributed by atoms with Gasteiger partial charge in [0.1, 0.15) is 11.4 Å². The molecule has 2 heterocycles. The Labute approximate surface area is 158 Å². The van der Waals surface area contributed by atoms with Crippen molar-refractivity contribution in [2.45, 2.75) is 24.8 Å². The molecule has 2 aliphatic heterocycles. The quantitative estimate of drug-likeness (QED) is 0.874. The van der Waals surface area contributed by atoms with Crippen LogP contribution >= 0.6 is 12.4 Å². The first kappa shape index (κ1) is 18.8. The maximum absolute atomic E-state index is 13.5. The third-order valence-corrected chi connectivity index (χ3v) is 5.19. The number of anilines is 1. The summed E-state index contributed by atoms with van der Waals surface area (Å²) in [5, 5.41) is 0. The number of rotatable bonds is 2. The molecule has 1 amide bonds. The fraction of sp³-hybridized carbons (Fsp3) is 0.350. The number of nitrogens with zero attached hydrogens (tertiary/aromatic N) is 1. The van der Waals surface area contributed by atoms with Gasteiger partial charge in [0.15, 0.2) is 0 Å². The standard InChI is InChI=1S/C20H21FN2O2.ClH/c21-17-3-1-2-14(13-17)15-4-5-18-16(12-15)6-9-23(18)19(24)20(22)7-10-25-11-8-20;/h1-5,12-13H,6-11,22H2;1H. The van der Waals surface area contributed by atoms with Crippen molar-refractivity contribution in [3.63, 3.8) is 0 Å². The molecule has 2 aliphatic rings. The first-order chi connectivity index (χ1) is 12.1. The summed E-state index contributed by atoms with van der Waals surface area (Å²) in [4.78, 5) is 14.8. The average Bonchev–Trinajstić information content (AvgIpc) is 3.04. The highest BCUT2D eigenvalue weighted by molar-refractivity contribution is 6.02. The number of hydrogen-bond donors (Lipinski definition) is 1. The van der Waals surface area contributed by atoms with Gasteiger partial charge < -0.3 is 15.4 Å². The zero-order chi connectivity index (χ0) is 17.4. The molecule has 0 saturated carbocycles. The van der Waals surface area contributed by atoms with E-state index in [1.807, 2.05) is 24.3 Å². The molecule has 2 aromatic rings. The minimum atomic E-state index is -0.832. The highest BCUT2D eigenvalue weighted by atomic mass is 35.5. The third kappa shape index (κ3) is 3.34. The average molecular weight is 377 g/mol. The molecule has 6 heteroatoms. The highest BCUT2D eigenvalue weighted by Crippen LogP contribution is 2.34. The summed E-state index contributed by atoms with van der Waals surface area (Å²) < 4.78 is 18.8. The summed E-state index contributed by atoms with van der Waals surface area (Å²) in [5.74, 6) is -0.271. The van der Waals surface area contributed by atoms with Gasteiger partial charge in [-0.15, -0.1) is 12.4 Å². The van der Waals surface area contributed by atoms with Crippen LogP contribution in [-0.4, -0.2) is 31.2 Å². The Bertz CT molecular complexity index is 821. The van der Waals surface area contributed by atoms with E-state index in [0.29, 0.717) is 32.6 Å². The van der Waals surface area contributed by atoms with Crippen molar-refractivity contribution < 1.29 is 13.9 Å². The normalized spacial score (nSPS) is 18.2. The molecule has 1 saturated heterocycles. The Morgan fingerprint density at radius 1 is 1.12 bits per heavy atom. The lowest BCUT2D eigenvalue weighted by Gasteiger charge is -2.35. The lowest BCUT2D eigenvalue weighted by Crippen LogP contribution is -2.58. The van der Waals surface area contributed by atoms with E-state index in [1.54, 1.807) is 11.0 Å². The van der Waals surface area contributed by atoms with Gasteiger partial charge in [0.05, 0.1) is 0 Å². The summed E-state index contributed by atoms with van der Waals surface area (Å²) in [6.45, 7) is 1.70. The van der Waals surface area contributed by atoms with Crippen LogP contribution in [0.1, 0.15) is 18.4 Å². The summed E-state index contributed by atoms with van der Waals surface area (Å²) >= 11 is 0. The molecule has 0 radical (unpaired) electrons. The predicted octanol–water partition coefficient (Wildman–Crippen LogP) is 3.31. The molecule has 0 atom stereocenters.